The maximum atomic E-state index is 12.3. The Morgan fingerprint density at radius 2 is 1.84 bits per heavy atom. The summed E-state index contributed by atoms with van der Waals surface area (Å²) in [5.41, 5.74) is 2.77. The molecule has 0 N–H and O–H groups in total. The number of benzene rings is 2. The van der Waals surface area contributed by atoms with Crippen molar-refractivity contribution in [2.45, 2.75) is 24.3 Å². The van der Waals surface area contributed by atoms with E-state index >= 15 is 0 Å². The zero-order valence-corrected chi connectivity index (χ0v) is 14.8. The van der Waals surface area contributed by atoms with Crippen LogP contribution >= 0.6 is 11.8 Å². The Kier molecular flexibility index (Phi) is 5.50. The zero-order valence-electron chi connectivity index (χ0n) is 14.0. The molecule has 3 aromatic rings. The lowest BCUT2D eigenvalue weighted by atomic mass is 10.1. The van der Waals surface area contributed by atoms with Crippen molar-refractivity contribution in [2.24, 2.45) is 0 Å². The summed E-state index contributed by atoms with van der Waals surface area (Å²) in [7, 11) is 0. The molecule has 5 nitrogen and oxygen atoms in total. The van der Waals surface area contributed by atoms with E-state index in [4.69, 9.17) is 9.15 Å². The molecule has 0 aliphatic carbocycles. The molecule has 6 heteroatoms. The Balaban J connectivity index is 1.86. The molecule has 25 heavy (non-hydrogen) atoms. The van der Waals surface area contributed by atoms with Crippen LogP contribution in [0.5, 0.6) is 0 Å². The molecule has 128 valence electrons. The molecule has 2 aromatic carbocycles. The molecule has 0 saturated heterocycles. The van der Waals surface area contributed by atoms with Gasteiger partial charge in [-0.1, -0.05) is 48.5 Å². The predicted octanol–water partition coefficient (Wildman–Crippen LogP) is 4.44. The second-order valence-corrected chi connectivity index (χ2v) is 6.41. The minimum Gasteiger partial charge on any atom is -0.465 e. The van der Waals surface area contributed by atoms with Crippen LogP contribution in [-0.2, 0) is 9.53 Å². The minimum absolute atomic E-state index is 0.320. The number of esters is 1. The molecule has 0 amide bonds. The average molecular weight is 354 g/mol. The van der Waals surface area contributed by atoms with Gasteiger partial charge in [-0.25, -0.2) is 0 Å². The Labute approximate surface area is 150 Å². The summed E-state index contributed by atoms with van der Waals surface area (Å²) in [6.07, 6.45) is 0. The number of thioether (sulfide) groups is 1. The van der Waals surface area contributed by atoms with Gasteiger partial charge in [-0.3, -0.25) is 4.79 Å². The first-order chi connectivity index (χ1) is 12.2. The summed E-state index contributed by atoms with van der Waals surface area (Å²) in [5.74, 6) is 0.116. The highest BCUT2D eigenvalue weighted by atomic mass is 32.2. The largest absolute Gasteiger partial charge is 0.465 e. The first-order valence-electron chi connectivity index (χ1n) is 7.96. The first kappa shape index (κ1) is 17.2. The van der Waals surface area contributed by atoms with E-state index in [1.54, 1.807) is 6.92 Å². The van der Waals surface area contributed by atoms with Gasteiger partial charge in [0.2, 0.25) is 5.89 Å². The van der Waals surface area contributed by atoms with Crippen molar-refractivity contribution in [1.82, 2.24) is 10.2 Å². The number of aromatic nitrogens is 2. The summed E-state index contributed by atoms with van der Waals surface area (Å²) >= 11 is 1.20. The van der Waals surface area contributed by atoms with E-state index in [-0.39, 0.29) is 5.97 Å². The summed E-state index contributed by atoms with van der Waals surface area (Å²) in [5, 5.41) is 7.97. The number of carbonyl (C=O) groups is 1. The lowest BCUT2D eigenvalue weighted by Gasteiger charge is -2.13. The van der Waals surface area contributed by atoms with Crippen molar-refractivity contribution < 1.29 is 13.9 Å². The van der Waals surface area contributed by atoms with Gasteiger partial charge in [0.15, 0.2) is 0 Å². The topological polar surface area (TPSA) is 65.2 Å². The third kappa shape index (κ3) is 4.09. The maximum absolute atomic E-state index is 12.3. The average Bonchev–Trinajstić information content (AvgIpc) is 3.09. The fourth-order valence-corrected chi connectivity index (χ4v) is 3.25. The van der Waals surface area contributed by atoms with E-state index in [9.17, 15) is 4.79 Å². The minimum atomic E-state index is -0.550. The van der Waals surface area contributed by atoms with Crippen LogP contribution in [0.1, 0.15) is 23.3 Å². The quantitative estimate of drug-likeness (QED) is 0.481. The molecule has 0 bridgehead atoms. The van der Waals surface area contributed by atoms with Gasteiger partial charge in [0.1, 0.15) is 5.25 Å². The van der Waals surface area contributed by atoms with Crippen LogP contribution in [0.4, 0.5) is 0 Å². The normalized spacial score (nSPS) is 11.9. The first-order valence-corrected chi connectivity index (χ1v) is 8.84. The molecule has 0 aliphatic rings. The van der Waals surface area contributed by atoms with Crippen molar-refractivity contribution in [2.75, 3.05) is 6.61 Å². The van der Waals surface area contributed by atoms with Gasteiger partial charge >= 0.3 is 5.97 Å². The van der Waals surface area contributed by atoms with Crippen LogP contribution in [0.15, 0.2) is 64.2 Å². The smallest absolute Gasteiger partial charge is 0.324 e. The van der Waals surface area contributed by atoms with Crippen molar-refractivity contribution in [1.29, 1.82) is 0 Å². The number of hydrogen-bond acceptors (Lipinski definition) is 6. The van der Waals surface area contributed by atoms with Crippen LogP contribution in [-0.4, -0.2) is 22.8 Å². The molecule has 1 heterocycles. The maximum Gasteiger partial charge on any atom is 0.324 e. The molecule has 3 rings (SSSR count). The van der Waals surface area contributed by atoms with Gasteiger partial charge in [0.25, 0.3) is 5.22 Å². The van der Waals surface area contributed by atoms with Crippen molar-refractivity contribution in [3.8, 4) is 11.5 Å². The summed E-state index contributed by atoms with van der Waals surface area (Å²) in [6.45, 7) is 4.09. The Morgan fingerprint density at radius 3 is 2.56 bits per heavy atom. The van der Waals surface area contributed by atoms with Gasteiger partial charge in [0, 0.05) is 5.56 Å². The Morgan fingerprint density at radius 1 is 1.12 bits per heavy atom. The van der Waals surface area contributed by atoms with Gasteiger partial charge in [0.05, 0.1) is 6.61 Å². The van der Waals surface area contributed by atoms with E-state index in [0.29, 0.717) is 17.7 Å². The van der Waals surface area contributed by atoms with E-state index in [0.717, 1.165) is 16.7 Å². The van der Waals surface area contributed by atoms with Crippen LogP contribution < -0.4 is 0 Å². The summed E-state index contributed by atoms with van der Waals surface area (Å²) in [6, 6.07) is 17.2. The van der Waals surface area contributed by atoms with Gasteiger partial charge < -0.3 is 9.15 Å². The predicted molar refractivity (Wildman–Crippen MR) is 96.1 cm³/mol. The number of carbonyl (C=O) groups excluding carboxylic acids is 1. The van der Waals surface area contributed by atoms with Crippen LogP contribution in [0.25, 0.3) is 11.5 Å². The van der Waals surface area contributed by atoms with E-state index in [1.165, 1.54) is 11.8 Å². The highest BCUT2D eigenvalue weighted by Crippen LogP contribution is 2.36. The van der Waals surface area contributed by atoms with E-state index in [1.807, 2.05) is 61.5 Å². The number of aryl methyl sites for hydroxylation is 1. The monoisotopic (exact) mass is 354 g/mol. The molecular weight excluding hydrogens is 336 g/mol. The van der Waals surface area contributed by atoms with Crippen LogP contribution in [0, 0.1) is 6.92 Å². The lowest BCUT2D eigenvalue weighted by molar-refractivity contribution is -0.142. The number of nitrogens with zero attached hydrogens (tertiary/aromatic N) is 2. The Bertz CT molecular complexity index is 849. The molecule has 0 spiro atoms. The highest BCUT2D eigenvalue weighted by Gasteiger charge is 2.26. The SMILES string of the molecule is CCOC(=O)C(Sc1nnc(-c2ccccc2C)o1)c1ccccc1. The van der Waals surface area contributed by atoms with Crippen LogP contribution in [0.3, 0.4) is 0 Å². The van der Waals surface area contributed by atoms with Gasteiger partial charge in [-0.15, -0.1) is 10.2 Å². The van der Waals surface area contributed by atoms with E-state index in [2.05, 4.69) is 10.2 Å². The van der Waals surface area contributed by atoms with E-state index < -0.39 is 5.25 Å². The molecule has 0 fully saturated rings. The highest BCUT2D eigenvalue weighted by molar-refractivity contribution is 8.00. The Hall–Kier alpha value is -2.60. The third-order valence-corrected chi connectivity index (χ3v) is 4.67. The fourth-order valence-electron chi connectivity index (χ4n) is 2.38. The fraction of sp³-hybridized carbons (Fsp3) is 0.211. The number of rotatable bonds is 6. The lowest BCUT2D eigenvalue weighted by Crippen LogP contribution is -2.13. The number of hydrogen-bond donors (Lipinski definition) is 0. The molecule has 0 aliphatic heterocycles. The standard InChI is InChI=1S/C19H18N2O3S/c1-3-23-18(22)16(14-10-5-4-6-11-14)25-19-21-20-17(24-19)15-12-8-7-9-13(15)2/h4-12,16H,3H2,1-2H3. The molecule has 1 unspecified atom stereocenters. The second kappa shape index (κ2) is 7.98. The molecule has 1 atom stereocenters. The van der Waals surface area contributed by atoms with Gasteiger partial charge in [-0.05, 0) is 42.8 Å². The van der Waals surface area contributed by atoms with Crippen LogP contribution in [0.2, 0.25) is 0 Å². The second-order valence-electron chi connectivity index (χ2n) is 5.35. The third-order valence-electron chi connectivity index (χ3n) is 3.60. The van der Waals surface area contributed by atoms with Crippen molar-refractivity contribution >= 4 is 17.7 Å². The number of ether oxygens (including phenoxy) is 1. The molecule has 0 radical (unpaired) electrons. The summed E-state index contributed by atoms with van der Waals surface area (Å²) in [4.78, 5) is 12.3. The van der Waals surface area contributed by atoms with Gasteiger partial charge in [-0.2, -0.15) is 0 Å². The molecule has 1 aromatic heterocycles. The molecular formula is C19H18N2O3S. The molecule has 0 saturated carbocycles. The van der Waals surface area contributed by atoms with Crippen molar-refractivity contribution in [3.63, 3.8) is 0 Å². The zero-order chi connectivity index (χ0) is 17.6. The van der Waals surface area contributed by atoms with Crippen molar-refractivity contribution in [3.05, 3.63) is 65.7 Å². The summed E-state index contributed by atoms with van der Waals surface area (Å²) < 4.78 is 11.0.